The molecule has 1 amide bonds. The smallest absolute Gasteiger partial charge is 0.326 e. The third-order valence-electron chi connectivity index (χ3n) is 5.52. The van der Waals surface area contributed by atoms with Crippen LogP contribution in [0.25, 0.3) is 11.2 Å². The van der Waals surface area contributed by atoms with Gasteiger partial charge in [-0.2, -0.15) is 9.97 Å². The summed E-state index contributed by atoms with van der Waals surface area (Å²) in [5.74, 6) is -1.81. The minimum atomic E-state index is -1.21. The van der Waals surface area contributed by atoms with E-state index < -0.39 is 23.9 Å². The third kappa shape index (κ3) is 6.74. The van der Waals surface area contributed by atoms with Crippen molar-refractivity contribution in [3.63, 3.8) is 0 Å². The second-order valence-electron chi connectivity index (χ2n) is 8.10. The summed E-state index contributed by atoms with van der Waals surface area (Å²) >= 11 is 1.59. The molecule has 3 aromatic rings. The monoisotopic (exact) mass is 592 g/mol. The molecule has 4 rings (SSSR count). The molecule has 1 aliphatic rings. The Morgan fingerprint density at radius 3 is 2.68 bits per heavy atom. The molecular formula is C22H25BrN8O5S. The van der Waals surface area contributed by atoms with Crippen molar-refractivity contribution in [2.24, 2.45) is 0 Å². The largest absolute Gasteiger partial charge is 0.481 e. The van der Waals surface area contributed by atoms with Crippen LogP contribution in [0.5, 0.6) is 0 Å². The maximum atomic E-state index is 12.7. The number of carboxylic acid groups (broad SMARTS) is 2. The Bertz CT molecular complexity index is 1340. The van der Waals surface area contributed by atoms with Crippen LogP contribution in [0.3, 0.4) is 0 Å². The Labute approximate surface area is 225 Å². The maximum Gasteiger partial charge on any atom is 0.326 e. The van der Waals surface area contributed by atoms with Gasteiger partial charge in [-0.3, -0.25) is 9.59 Å². The molecule has 1 atom stereocenters. The van der Waals surface area contributed by atoms with Crippen molar-refractivity contribution in [3.8, 4) is 0 Å². The molecule has 0 saturated heterocycles. The number of rotatable bonds is 9. The van der Waals surface area contributed by atoms with Gasteiger partial charge in [-0.25, -0.2) is 14.8 Å². The lowest BCUT2D eigenvalue weighted by Crippen LogP contribution is -2.40. The van der Waals surface area contributed by atoms with Crippen LogP contribution < -0.4 is 21.7 Å². The van der Waals surface area contributed by atoms with Crippen molar-refractivity contribution in [2.75, 3.05) is 28.7 Å². The number of nitrogens with one attached hydrogen (secondary N) is 1. The van der Waals surface area contributed by atoms with E-state index in [1.807, 2.05) is 6.07 Å². The second-order valence-corrected chi connectivity index (χ2v) is 9.24. The molecule has 7 N–H and O–H groups in total. The van der Waals surface area contributed by atoms with Crippen LogP contribution in [0.1, 0.15) is 35.3 Å². The van der Waals surface area contributed by atoms with Gasteiger partial charge in [0.1, 0.15) is 6.04 Å². The van der Waals surface area contributed by atoms with Crippen molar-refractivity contribution in [1.29, 1.82) is 0 Å². The molecule has 13 nitrogen and oxygen atoms in total. The SMILES string of the molecule is Br.Nc1nc(N)c2nc(CN3CCSc4cc(C(=O)NC(CCCC(=O)O)C(=O)O)ccc43)cnc2n1. The number of fused-ring (bicyclic) bond motifs is 2. The number of aromatic nitrogens is 4. The van der Waals surface area contributed by atoms with Gasteiger partial charge in [0.05, 0.1) is 24.1 Å². The van der Waals surface area contributed by atoms with E-state index in [9.17, 15) is 19.5 Å². The van der Waals surface area contributed by atoms with E-state index >= 15 is 0 Å². The molecule has 0 saturated carbocycles. The fraction of sp³-hybridized carbons (Fsp3) is 0.318. The minimum Gasteiger partial charge on any atom is -0.481 e. The molecule has 0 aliphatic carbocycles. The van der Waals surface area contributed by atoms with E-state index in [2.05, 4.69) is 30.2 Å². The van der Waals surface area contributed by atoms with Crippen LogP contribution in [0.4, 0.5) is 17.5 Å². The zero-order chi connectivity index (χ0) is 25.8. The van der Waals surface area contributed by atoms with E-state index in [1.54, 1.807) is 30.1 Å². The first-order valence-corrected chi connectivity index (χ1v) is 12.0. The van der Waals surface area contributed by atoms with Crippen molar-refractivity contribution in [2.45, 2.75) is 36.7 Å². The average Bonchev–Trinajstić information content (AvgIpc) is 2.83. The maximum absolute atomic E-state index is 12.7. The standard InChI is InChI=1S/C22H24N8O5S.BrH/c23-18-17-19(29-22(24)28-18)25-9-12(26-17)10-30-6-7-36-15-8-11(4-5-14(15)30)20(33)27-13(21(34)35)2-1-3-16(31)32;/h4-5,8-9,13H,1-3,6-7,10H2,(H,27,33)(H,31,32)(H,34,35)(H4,23,24,25,28,29);1H. The van der Waals surface area contributed by atoms with Crippen molar-refractivity contribution in [1.82, 2.24) is 25.3 Å². The van der Waals surface area contributed by atoms with Gasteiger partial charge >= 0.3 is 11.9 Å². The zero-order valence-corrected chi connectivity index (χ0v) is 22.0. The summed E-state index contributed by atoms with van der Waals surface area (Å²) in [6.07, 6.45) is 1.61. The Hall–Kier alpha value is -3.72. The summed E-state index contributed by atoms with van der Waals surface area (Å²) in [6.45, 7) is 1.18. The summed E-state index contributed by atoms with van der Waals surface area (Å²) in [6, 6.07) is 3.99. The van der Waals surface area contributed by atoms with Crippen molar-refractivity contribution < 1.29 is 24.6 Å². The predicted octanol–water partition coefficient (Wildman–Crippen LogP) is 1.71. The minimum absolute atomic E-state index is 0. The number of hydrogen-bond donors (Lipinski definition) is 5. The molecule has 0 fully saturated rings. The van der Waals surface area contributed by atoms with Crippen LogP contribution >= 0.6 is 28.7 Å². The number of benzene rings is 1. The van der Waals surface area contributed by atoms with E-state index in [0.717, 1.165) is 22.9 Å². The van der Waals surface area contributed by atoms with Crippen molar-refractivity contribution in [3.05, 3.63) is 35.7 Å². The first-order chi connectivity index (χ1) is 17.2. The molecular weight excluding hydrogens is 568 g/mol. The lowest BCUT2D eigenvalue weighted by Gasteiger charge is -2.31. The number of hydrogen-bond acceptors (Lipinski definition) is 11. The van der Waals surface area contributed by atoms with Crippen LogP contribution in [0.15, 0.2) is 29.3 Å². The molecule has 2 aromatic heterocycles. The second kappa shape index (κ2) is 12.0. The number of carboxylic acids is 2. The average molecular weight is 593 g/mol. The van der Waals surface area contributed by atoms with Gasteiger partial charge < -0.3 is 31.9 Å². The molecule has 0 bridgehead atoms. The highest BCUT2D eigenvalue weighted by Crippen LogP contribution is 2.36. The Morgan fingerprint density at radius 1 is 1.16 bits per heavy atom. The van der Waals surface area contributed by atoms with Gasteiger partial charge in [0.2, 0.25) is 5.95 Å². The van der Waals surface area contributed by atoms with Gasteiger partial charge in [0, 0.05) is 29.2 Å². The molecule has 3 heterocycles. The van der Waals surface area contributed by atoms with Crippen LogP contribution in [0.2, 0.25) is 0 Å². The van der Waals surface area contributed by atoms with Gasteiger partial charge in [-0.05, 0) is 31.0 Å². The molecule has 196 valence electrons. The highest BCUT2D eigenvalue weighted by Gasteiger charge is 2.24. The van der Waals surface area contributed by atoms with E-state index in [4.69, 9.17) is 16.6 Å². The van der Waals surface area contributed by atoms with Crippen LogP contribution in [-0.2, 0) is 16.1 Å². The van der Waals surface area contributed by atoms with E-state index in [0.29, 0.717) is 29.0 Å². The van der Waals surface area contributed by atoms with Gasteiger partial charge in [0.25, 0.3) is 5.91 Å². The molecule has 1 aliphatic heterocycles. The Morgan fingerprint density at radius 2 is 1.95 bits per heavy atom. The molecule has 1 unspecified atom stereocenters. The number of amides is 1. The summed E-state index contributed by atoms with van der Waals surface area (Å²) in [5.41, 5.74) is 14.1. The Balaban J connectivity index is 0.00000380. The fourth-order valence-electron chi connectivity index (χ4n) is 3.79. The molecule has 15 heteroatoms. The number of thioether (sulfide) groups is 1. The Kier molecular flexibility index (Phi) is 9.04. The number of nitrogens with zero attached hydrogens (tertiary/aromatic N) is 5. The summed E-state index contributed by atoms with van der Waals surface area (Å²) in [7, 11) is 0. The number of nitrogen functional groups attached to an aromatic ring is 2. The van der Waals surface area contributed by atoms with Gasteiger partial charge in [0.15, 0.2) is 17.0 Å². The van der Waals surface area contributed by atoms with Crippen LogP contribution in [-0.4, -0.2) is 66.3 Å². The van der Waals surface area contributed by atoms with Crippen LogP contribution in [0, 0.1) is 0 Å². The fourth-order valence-corrected chi connectivity index (χ4v) is 4.88. The van der Waals surface area contributed by atoms with E-state index in [1.165, 1.54) is 0 Å². The number of nitrogens with two attached hydrogens (primary N) is 2. The topological polar surface area (TPSA) is 211 Å². The van der Waals surface area contributed by atoms with Gasteiger partial charge in [-0.15, -0.1) is 28.7 Å². The highest BCUT2D eigenvalue weighted by atomic mass is 79.9. The number of anilines is 3. The lowest BCUT2D eigenvalue weighted by molar-refractivity contribution is -0.140. The number of carbonyl (C=O) groups excluding carboxylic acids is 1. The number of halogens is 1. The number of carbonyl (C=O) groups is 3. The quantitative estimate of drug-likeness (QED) is 0.240. The predicted molar refractivity (Wildman–Crippen MR) is 143 cm³/mol. The molecule has 1 aromatic carbocycles. The first-order valence-electron chi connectivity index (χ1n) is 11.0. The summed E-state index contributed by atoms with van der Waals surface area (Å²) < 4.78 is 0. The van der Waals surface area contributed by atoms with E-state index in [-0.39, 0.29) is 48.0 Å². The summed E-state index contributed by atoms with van der Waals surface area (Å²) in [4.78, 5) is 54.7. The normalized spacial score (nSPS) is 13.4. The summed E-state index contributed by atoms with van der Waals surface area (Å²) in [5, 5.41) is 20.6. The molecule has 0 radical (unpaired) electrons. The highest BCUT2D eigenvalue weighted by molar-refractivity contribution is 8.93. The van der Waals surface area contributed by atoms with Crippen molar-refractivity contribution >= 4 is 75.2 Å². The third-order valence-corrected chi connectivity index (χ3v) is 6.55. The zero-order valence-electron chi connectivity index (χ0n) is 19.5. The molecule has 37 heavy (non-hydrogen) atoms. The number of aliphatic carboxylic acids is 2. The molecule has 0 spiro atoms. The lowest BCUT2D eigenvalue weighted by atomic mass is 10.1. The first kappa shape index (κ1) is 27.9. The van der Waals surface area contributed by atoms with Gasteiger partial charge in [-0.1, -0.05) is 0 Å².